The fourth-order valence-corrected chi connectivity index (χ4v) is 1.69. The average Bonchev–Trinajstić information content (AvgIpc) is 2.35. The Balaban J connectivity index is 2.44. The summed E-state index contributed by atoms with van der Waals surface area (Å²) >= 11 is 0. The normalized spacial score (nSPS) is 20.2. The van der Waals surface area contributed by atoms with Gasteiger partial charge in [0.2, 0.25) is 5.91 Å². The molecule has 3 heteroatoms. The van der Waals surface area contributed by atoms with E-state index >= 15 is 0 Å². The second-order valence-corrected chi connectivity index (χ2v) is 3.96. The Labute approximate surface area is 90.9 Å². The zero-order valence-electron chi connectivity index (χ0n) is 9.34. The molecule has 0 aromatic rings. The molecule has 0 unspecified atom stereocenters. The molecule has 1 N–H and O–H groups in total. The van der Waals surface area contributed by atoms with Crippen molar-refractivity contribution < 1.29 is 9.59 Å². The zero-order valence-corrected chi connectivity index (χ0v) is 9.34. The Morgan fingerprint density at radius 3 is 2.80 bits per heavy atom. The molecule has 1 aliphatic rings. The van der Waals surface area contributed by atoms with Gasteiger partial charge >= 0.3 is 0 Å². The van der Waals surface area contributed by atoms with E-state index in [2.05, 4.69) is 12.2 Å². The second kappa shape index (κ2) is 6.38. The molecule has 0 aliphatic carbocycles. The fraction of sp³-hybridized carbons (Fsp3) is 0.667. The van der Waals surface area contributed by atoms with Crippen LogP contribution in [-0.4, -0.2) is 11.8 Å². The lowest BCUT2D eigenvalue weighted by atomic mass is 10.1. The van der Waals surface area contributed by atoms with E-state index in [1.165, 1.54) is 12.8 Å². The first-order valence-electron chi connectivity index (χ1n) is 5.77. The molecule has 0 aromatic heterocycles. The molecule has 84 valence electrons. The maximum Gasteiger partial charge on any atom is 0.253 e. The monoisotopic (exact) mass is 209 g/mol. The van der Waals surface area contributed by atoms with Crippen molar-refractivity contribution in [3.63, 3.8) is 0 Å². The van der Waals surface area contributed by atoms with Crippen molar-refractivity contribution in [1.82, 2.24) is 5.32 Å². The van der Waals surface area contributed by atoms with E-state index in [1.807, 2.05) is 6.08 Å². The van der Waals surface area contributed by atoms with E-state index in [4.69, 9.17) is 0 Å². The predicted octanol–water partition coefficient (Wildman–Crippen LogP) is 2.32. The standard InChI is InChI=1S/C12H19NO2/c1-2-3-4-5-7-10-8-6-9-11(14)13-12(10)15/h7H,2-6,8-9H2,1H3,(H,13,14,15). The molecular formula is C12H19NO2. The minimum Gasteiger partial charge on any atom is -0.293 e. The van der Waals surface area contributed by atoms with Gasteiger partial charge in [-0.15, -0.1) is 0 Å². The predicted molar refractivity (Wildman–Crippen MR) is 59.2 cm³/mol. The molecule has 0 aromatic carbocycles. The topological polar surface area (TPSA) is 46.2 Å². The number of hydrogen-bond donors (Lipinski definition) is 1. The summed E-state index contributed by atoms with van der Waals surface area (Å²) in [5.41, 5.74) is 0.789. The van der Waals surface area contributed by atoms with Crippen molar-refractivity contribution in [2.75, 3.05) is 0 Å². The number of carbonyl (C=O) groups is 2. The van der Waals surface area contributed by atoms with Crippen LogP contribution in [-0.2, 0) is 9.59 Å². The Hall–Kier alpha value is -1.12. The van der Waals surface area contributed by atoms with E-state index in [0.29, 0.717) is 6.42 Å². The third-order valence-corrected chi connectivity index (χ3v) is 2.59. The van der Waals surface area contributed by atoms with Gasteiger partial charge in [0, 0.05) is 12.0 Å². The first kappa shape index (κ1) is 12.0. The van der Waals surface area contributed by atoms with Crippen LogP contribution >= 0.6 is 0 Å². The van der Waals surface area contributed by atoms with Gasteiger partial charge in [0.25, 0.3) is 5.91 Å². The molecule has 1 fully saturated rings. The molecular weight excluding hydrogens is 190 g/mol. The van der Waals surface area contributed by atoms with E-state index in [-0.39, 0.29) is 11.8 Å². The molecule has 0 bridgehead atoms. The number of nitrogens with one attached hydrogen (secondary N) is 1. The van der Waals surface area contributed by atoms with Crippen LogP contribution in [0.15, 0.2) is 11.6 Å². The fourth-order valence-electron chi connectivity index (χ4n) is 1.69. The van der Waals surface area contributed by atoms with Gasteiger partial charge in [0.05, 0.1) is 0 Å². The van der Waals surface area contributed by atoms with E-state index < -0.39 is 0 Å². The van der Waals surface area contributed by atoms with E-state index in [1.54, 1.807) is 0 Å². The third-order valence-electron chi connectivity index (χ3n) is 2.59. The van der Waals surface area contributed by atoms with Gasteiger partial charge in [-0.3, -0.25) is 14.9 Å². The summed E-state index contributed by atoms with van der Waals surface area (Å²) < 4.78 is 0. The minimum absolute atomic E-state index is 0.142. The van der Waals surface area contributed by atoms with Gasteiger partial charge in [-0.05, 0) is 25.7 Å². The Kier molecular flexibility index (Phi) is 5.08. The highest BCUT2D eigenvalue weighted by Crippen LogP contribution is 2.13. The largest absolute Gasteiger partial charge is 0.293 e. The summed E-state index contributed by atoms with van der Waals surface area (Å²) in [6, 6.07) is 0. The van der Waals surface area contributed by atoms with Crippen LogP contribution in [0.5, 0.6) is 0 Å². The Morgan fingerprint density at radius 1 is 1.27 bits per heavy atom. The molecule has 0 saturated carbocycles. The zero-order chi connectivity index (χ0) is 11.1. The molecule has 2 amide bonds. The number of allylic oxidation sites excluding steroid dienone is 1. The molecule has 1 saturated heterocycles. The van der Waals surface area contributed by atoms with Gasteiger partial charge in [0.15, 0.2) is 0 Å². The number of rotatable bonds is 4. The highest BCUT2D eigenvalue weighted by Gasteiger charge is 2.16. The highest BCUT2D eigenvalue weighted by atomic mass is 16.2. The van der Waals surface area contributed by atoms with Gasteiger partial charge in [-0.2, -0.15) is 0 Å². The smallest absolute Gasteiger partial charge is 0.253 e. The van der Waals surface area contributed by atoms with Crippen LogP contribution in [0.25, 0.3) is 0 Å². The average molecular weight is 209 g/mol. The van der Waals surface area contributed by atoms with Crippen molar-refractivity contribution >= 4 is 11.8 Å². The molecule has 1 heterocycles. The van der Waals surface area contributed by atoms with Crippen molar-refractivity contribution in [2.24, 2.45) is 0 Å². The van der Waals surface area contributed by atoms with Crippen LogP contribution in [0.4, 0.5) is 0 Å². The van der Waals surface area contributed by atoms with Crippen LogP contribution in [0.2, 0.25) is 0 Å². The first-order valence-corrected chi connectivity index (χ1v) is 5.77. The van der Waals surface area contributed by atoms with Crippen LogP contribution in [0.3, 0.4) is 0 Å². The molecule has 15 heavy (non-hydrogen) atoms. The van der Waals surface area contributed by atoms with Gasteiger partial charge < -0.3 is 0 Å². The molecule has 0 radical (unpaired) electrons. The minimum atomic E-state index is -0.186. The van der Waals surface area contributed by atoms with Crippen molar-refractivity contribution in [3.05, 3.63) is 11.6 Å². The number of hydrogen-bond acceptors (Lipinski definition) is 2. The lowest BCUT2D eigenvalue weighted by Crippen LogP contribution is -2.28. The maximum absolute atomic E-state index is 11.5. The summed E-state index contributed by atoms with van der Waals surface area (Å²) in [7, 11) is 0. The van der Waals surface area contributed by atoms with Crippen molar-refractivity contribution in [3.8, 4) is 0 Å². The number of imide groups is 1. The highest BCUT2D eigenvalue weighted by molar-refractivity contribution is 6.05. The maximum atomic E-state index is 11.5. The van der Waals surface area contributed by atoms with Gasteiger partial charge in [0.1, 0.15) is 0 Å². The molecule has 3 nitrogen and oxygen atoms in total. The summed E-state index contributed by atoms with van der Waals surface area (Å²) in [6.45, 7) is 2.16. The molecule has 0 spiro atoms. The quantitative estimate of drug-likeness (QED) is 0.439. The Morgan fingerprint density at radius 2 is 2.07 bits per heavy atom. The number of unbranched alkanes of at least 4 members (excludes halogenated alkanes) is 3. The summed E-state index contributed by atoms with van der Waals surface area (Å²) in [5.74, 6) is -0.328. The van der Waals surface area contributed by atoms with Crippen LogP contribution in [0, 0.1) is 0 Å². The molecule has 1 aliphatic heterocycles. The SMILES string of the molecule is CCCCCC=C1CCCC(=O)NC1=O. The summed E-state index contributed by atoms with van der Waals surface area (Å²) in [5, 5.41) is 2.39. The third kappa shape index (κ3) is 4.28. The molecule has 1 rings (SSSR count). The van der Waals surface area contributed by atoms with Crippen LogP contribution < -0.4 is 5.32 Å². The number of carbonyl (C=O) groups excluding carboxylic acids is 2. The Bertz CT molecular complexity index is 269. The van der Waals surface area contributed by atoms with Crippen molar-refractivity contribution in [2.45, 2.75) is 51.9 Å². The summed E-state index contributed by atoms with van der Waals surface area (Å²) in [6.07, 6.45) is 8.45. The lowest BCUT2D eigenvalue weighted by molar-refractivity contribution is -0.127. The van der Waals surface area contributed by atoms with E-state index in [9.17, 15) is 9.59 Å². The van der Waals surface area contributed by atoms with Crippen LogP contribution in [0.1, 0.15) is 51.9 Å². The lowest BCUT2D eigenvalue weighted by Gasteiger charge is -2.01. The second-order valence-electron chi connectivity index (χ2n) is 3.96. The van der Waals surface area contributed by atoms with Crippen molar-refractivity contribution in [1.29, 1.82) is 0 Å². The van der Waals surface area contributed by atoms with Gasteiger partial charge in [-0.25, -0.2) is 0 Å². The molecule has 0 atom stereocenters. The first-order chi connectivity index (χ1) is 7.24. The number of amides is 2. The van der Waals surface area contributed by atoms with E-state index in [0.717, 1.165) is 31.3 Å². The summed E-state index contributed by atoms with van der Waals surface area (Å²) in [4.78, 5) is 22.5. The van der Waals surface area contributed by atoms with Gasteiger partial charge in [-0.1, -0.05) is 25.8 Å².